The van der Waals surface area contributed by atoms with Crippen molar-refractivity contribution >= 4 is 22.6 Å². The van der Waals surface area contributed by atoms with Crippen molar-refractivity contribution in [1.82, 2.24) is 0 Å². The molecule has 30 heavy (non-hydrogen) atoms. The number of benzene rings is 2. The summed E-state index contributed by atoms with van der Waals surface area (Å²) < 4.78 is 6.51. The molecule has 0 saturated carbocycles. The number of phenols is 1. The smallest absolute Gasteiger partial charge is 0.149 e. The summed E-state index contributed by atoms with van der Waals surface area (Å²) in [5.74, 6) is 7.52. The first kappa shape index (κ1) is 22.9. The monoisotopic (exact) mass is 520 g/mol. The van der Waals surface area contributed by atoms with Gasteiger partial charge in [-0.1, -0.05) is 30.0 Å². The largest absolute Gasteiger partial charge is 0.506 e. The van der Waals surface area contributed by atoms with Gasteiger partial charge in [0.05, 0.1) is 41.4 Å². The van der Waals surface area contributed by atoms with Gasteiger partial charge in [0.2, 0.25) is 0 Å². The highest BCUT2D eigenvalue weighted by molar-refractivity contribution is 14.1. The van der Waals surface area contributed by atoms with Gasteiger partial charge in [-0.05, 0) is 60.7 Å². The summed E-state index contributed by atoms with van der Waals surface area (Å²) in [4.78, 5) is 3.28. The number of rotatable bonds is 7. The maximum absolute atomic E-state index is 10.6. The third-order valence-corrected chi connectivity index (χ3v) is 6.87. The lowest BCUT2D eigenvalue weighted by Crippen LogP contribution is -3.19. The van der Waals surface area contributed by atoms with Crippen molar-refractivity contribution < 1.29 is 19.6 Å². The van der Waals surface area contributed by atoms with Crippen LogP contribution < -0.4 is 14.5 Å². The number of likely N-dealkylation sites (tertiary alicyclic amines) is 1. The van der Waals surface area contributed by atoms with E-state index >= 15 is 0 Å². The van der Waals surface area contributed by atoms with Crippen LogP contribution in [0.25, 0.3) is 0 Å². The molecule has 4 nitrogen and oxygen atoms in total. The second kappa shape index (κ2) is 11.6. The highest BCUT2D eigenvalue weighted by Crippen LogP contribution is 2.25. The van der Waals surface area contributed by atoms with E-state index in [9.17, 15) is 5.11 Å². The van der Waals surface area contributed by atoms with Crippen LogP contribution in [0, 0.1) is 15.4 Å². The molecule has 5 heteroatoms. The number of halogens is 1. The van der Waals surface area contributed by atoms with E-state index in [0.29, 0.717) is 12.4 Å². The fourth-order valence-electron chi connectivity index (χ4n) is 4.34. The quantitative estimate of drug-likeness (QED) is 0.386. The molecule has 1 fully saturated rings. The normalized spacial score (nSPS) is 18.7. The summed E-state index contributed by atoms with van der Waals surface area (Å²) in [7, 11) is 0. The van der Waals surface area contributed by atoms with Crippen LogP contribution in [-0.4, -0.2) is 43.9 Å². The third kappa shape index (κ3) is 6.37. The fraction of sp³-hybridized carbons (Fsp3) is 0.440. The summed E-state index contributed by atoms with van der Waals surface area (Å²) in [6.45, 7) is 10.6. The number of piperidine rings is 1. The Kier molecular flexibility index (Phi) is 8.86. The number of para-hydroxylation sites is 1. The summed E-state index contributed by atoms with van der Waals surface area (Å²) in [5, 5.41) is 10.6. The van der Waals surface area contributed by atoms with Crippen LogP contribution in [0.4, 0.5) is 0 Å². The number of nitrogens with one attached hydrogen (secondary N) is 2. The van der Waals surface area contributed by atoms with Gasteiger partial charge < -0.3 is 19.6 Å². The Balaban J connectivity index is 1.60. The fourth-order valence-corrected chi connectivity index (χ4v) is 5.03. The van der Waals surface area contributed by atoms with E-state index in [-0.39, 0.29) is 0 Å². The Morgan fingerprint density at radius 3 is 2.50 bits per heavy atom. The number of aromatic hydroxyl groups is 1. The Morgan fingerprint density at radius 1 is 1.13 bits per heavy atom. The molecule has 2 aromatic carbocycles. The Morgan fingerprint density at radius 2 is 1.83 bits per heavy atom. The van der Waals surface area contributed by atoms with Crippen molar-refractivity contribution in [1.29, 1.82) is 0 Å². The van der Waals surface area contributed by atoms with Crippen LogP contribution in [-0.2, 0) is 6.54 Å². The first-order chi connectivity index (χ1) is 14.6. The average molecular weight is 520 g/mol. The zero-order chi connectivity index (χ0) is 21.3. The molecule has 1 heterocycles. The molecule has 0 radical (unpaired) electrons. The minimum absolute atomic E-state index is 0.350. The molecule has 0 aromatic heterocycles. The number of quaternary nitrogens is 2. The maximum Gasteiger partial charge on any atom is 0.149 e. The molecule has 0 spiro atoms. The Bertz CT molecular complexity index is 864. The van der Waals surface area contributed by atoms with Crippen molar-refractivity contribution in [2.75, 3.05) is 32.8 Å². The molecule has 0 atom stereocenters. The first-order valence-corrected chi connectivity index (χ1v) is 12.0. The van der Waals surface area contributed by atoms with Gasteiger partial charge in [0.25, 0.3) is 0 Å². The lowest BCUT2D eigenvalue weighted by molar-refractivity contribution is -0.961. The van der Waals surface area contributed by atoms with Crippen LogP contribution in [0.15, 0.2) is 42.5 Å². The van der Waals surface area contributed by atoms with Crippen molar-refractivity contribution in [3.05, 3.63) is 57.2 Å². The standard InChI is InChI=1S/C25H31IN2O2/c1-3-28(4-2)22-12-14-27(15-13-22)19-21-17-20(18-24(26)25(21)29)9-8-16-30-23-10-6-5-7-11-23/h5-7,10-11,17-18,22,29H,3-4,12-16,19H2,1-2H3/p+2. The molecule has 1 aliphatic rings. The van der Waals surface area contributed by atoms with Gasteiger partial charge in [-0.15, -0.1) is 0 Å². The van der Waals surface area contributed by atoms with Crippen LogP contribution in [0.3, 0.4) is 0 Å². The van der Waals surface area contributed by atoms with Gasteiger partial charge in [0.15, 0.2) is 0 Å². The second-order valence-electron chi connectivity index (χ2n) is 7.94. The molecular formula is C25H33IN2O2+2. The SMILES string of the molecule is CC[NH+](CC)C1CC[NH+](Cc2cc(C#CCOc3ccccc3)cc(I)c2O)CC1. The molecule has 160 valence electrons. The molecule has 0 bridgehead atoms. The van der Waals surface area contributed by atoms with Gasteiger partial charge in [0, 0.05) is 18.4 Å². The van der Waals surface area contributed by atoms with E-state index in [2.05, 4.69) is 48.3 Å². The lowest BCUT2D eigenvalue weighted by Gasteiger charge is -2.33. The van der Waals surface area contributed by atoms with E-state index in [1.165, 1.54) is 39.0 Å². The molecule has 2 aromatic rings. The van der Waals surface area contributed by atoms with Crippen molar-refractivity contribution in [2.45, 2.75) is 39.3 Å². The van der Waals surface area contributed by atoms with Gasteiger partial charge >= 0.3 is 0 Å². The van der Waals surface area contributed by atoms with Crippen molar-refractivity contribution in [3.8, 4) is 23.3 Å². The zero-order valence-corrected chi connectivity index (χ0v) is 20.2. The molecule has 1 aliphatic heterocycles. The summed E-state index contributed by atoms with van der Waals surface area (Å²) in [5.41, 5.74) is 1.93. The van der Waals surface area contributed by atoms with Gasteiger partial charge in [0.1, 0.15) is 24.7 Å². The zero-order valence-electron chi connectivity index (χ0n) is 18.0. The summed E-state index contributed by atoms with van der Waals surface area (Å²) >= 11 is 2.20. The van der Waals surface area contributed by atoms with E-state index in [4.69, 9.17) is 4.74 Å². The molecule has 0 amide bonds. The molecule has 1 saturated heterocycles. The number of hydrogen-bond donors (Lipinski definition) is 3. The molecular weight excluding hydrogens is 487 g/mol. The number of hydrogen-bond acceptors (Lipinski definition) is 2. The maximum atomic E-state index is 10.6. The highest BCUT2D eigenvalue weighted by Gasteiger charge is 2.28. The number of phenolic OH excluding ortho intramolecular Hbond substituents is 1. The molecule has 0 unspecified atom stereocenters. The van der Waals surface area contributed by atoms with Gasteiger partial charge in [-0.25, -0.2) is 0 Å². The molecule has 3 N–H and O–H groups in total. The summed E-state index contributed by atoms with van der Waals surface area (Å²) in [6, 6.07) is 14.5. The molecule has 3 rings (SSSR count). The second-order valence-corrected chi connectivity index (χ2v) is 9.10. The third-order valence-electron chi connectivity index (χ3n) is 6.05. The molecule has 0 aliphatic carbocycles. The van der Waals surface area contributed by atoms with Crippen LogP contribution in [0.5, 0.6) is 11.5 Å². The predicted octanol–water partition coefficient (Wildman–Crippen LogP) is 1.90. The van der Waals surface area contributed by atoms with Crippen molar-refractivity contribution in [2.24, 2.45) is 0 Å². The van der Waals surface area contributed by atoms with E-state index < -0.39 is 0 Å². The van der Waals surface area contributed by atoms with Gasteiger partial charge in [-0.3, -0.25) is 0 Å². The minimum Gasteiger partial charge on any atom is -0.506 e. The summed E-state index contributed by atoms with van der Waals surface area (Å²) in [6.07, 6.45) is 2.53. The first-order valence-electron chi connectivity index (χ1n) is 11.0. The van der Waals surface area contributed by atoms with Gasteiger partial charge in [-0.2, -0.15) is 0 Å². The highest BCUT2D eigenvalue weighted by atomic mass is 127. The van der Waals surface area contributed by atoms with Crippen LogP contribution >= 0.6 is 22.6 Å². The minimum atomic E-state index is 0.350. The van der Waals surface area contributed by atoms with E-state index in [1.54, 1.807) is 9.80 Å². The van der Waals surface area contributed by atoms with Crippen LogP contribution in [0.2, 0.25) is 0 Å². The van der Waals surface area contributed by atoms with E-state index in [1.807, 2.05) is 42.5 Å². The van der Waals surface area contributed by atoms with E-state index in [0.717, 1.165) is 33.0 Å². The number of ether oxygens (including phenoxy) is 1. The van der Waals surface area contributed by atoms with Crippen LogP contribution in [0.1, 0.15) is 37.8 Å². The Hall–Kier alpha value is -1.75. The topological polar surface area (TPSA) is 38.3 Å². The predicted molar refractivity (Wildman–Crippen MR) is 129 cm³/mol. The lowest BCUT2D eigenvalue weighted by atomic mass is 10.0. The average Bonchev–Trinajstić information content (AvgIpc) is 2.77. The Labute approximate surface area is 194 Å². The van der Waals surface area contributed by atoms with Crippen molar-refractivity contribution in [3.63, 3.8) is 0 Å².